The van der Waals surface area contributed by atoms with Gasteiger partial charge < -0.3 is 8.94 Å². The SMILES string of the molecule is O=S1(=O)CC[C@H](c2nc(-c3ccc(Br)o3)no2)C1. The summed E-state index contributed by atoms with van der Waals surface area (Å²) in [5.41, 5.74) is 0. The summed E-state index contributed by atoms with van der Waals surface area (Å²) in [7, 11) is -2.95. The minimum atomic E-state index is -2.95. The molecule has 0 radical (unpaired) electrons. The molecule has 0 saturated carbocycles. The van der Waals surface area contributed by atoms with Crippen LogP contribution in [0.15, 0.2) is 25.7 Å². The molecule has 96 valence electrons. The summed E-state index contributed by atoms with van der Waals surface area (Å²) in [6.45, 7) is 0. The van der Waals surface area contributed by atoms with E-state index in [0.717, 1.165) is 0 Å². The van der Waals surface area contributed by atoms with Crippen LogP contribution in [-0.2, 0) is 9.84 Å². The van der Waals surface area contributed by atoms with Gasteiger partial charge in [-0.05, 0) is 34.5 Å². The maximum absolute atomic E-state index is 11.4. The highest BCUT2D eigenvalue weighted by atomic mass is 79.9. The van der Waals surface area contributed by atoms with E-state index in [-0.39, 0.29) is 17.4 Å². The van der Waals surface area contributed by atoms with Gasteiger partial charge in [0.2, 0.25) is 11.7 Å². The third-order valence-corrected chi connectivity index (χ3v) is 5.01. The Morgan fingerprint density at radius 1 is 1.39 bits per heavy atom. The molecular formula is C10H9BrN2O4S. The second kappa shape index (κ2) is 4.20. The van der Waals surface area contributed by atoms with E-state index in [1.165, 1.54) is 0 Å². The number of furan rings is 1. The van der Waals surface area contributed by atoms with Crippen molar-refractivity contribution in [2.24, 2.45) is 0 Å². The van der Waals surface area contributed by atoms with Crippen molar-refractivity contribution in [3.63, 3.8) is 0 Å². The van der Waals surface area contributed by atoms with Crippen molar-refractivity contribution in [1.82, 2.24) is 10.1 Å². The standard InChI is InChI=1S/C10H9BrN2O4S/c11-8-2-1-7(16-8)9-12-10(17-13-9)6-3-4-18(14,15)5-6/h1-2,6H,3-5H2/t6-/m0/s1. The molecule has 2 aromatic heterocycles. The van der Waals surface area contributed by atoms with Crippen molar-refractivity contribution >= 4 is 25.8 Å². The van der Waals surface area contributed by atoms with Gasteiger partial charge in [-0.3, -0.25) is 0 Å². The van der Waals surface area contributed by atoms with Gasteiger partial charge in [0.15, 0.2) is 20.3 Å². The summed E-state index contributed by atoms with van der Waals surface area (Å²) in [6.07, 6.45) is 0.534. The number of rotatable bonds is 2. The highest BCUT2D eigenvalue weighted by molar-refractivity contribution is 9.10. The lowest BCUT2D eigenvalue weighted by molar-refractivity contribution is 0.360. The molecule has 1 saturated heterocycles. The molecule has 1 atom stereocenters. The first-order valence-corrected chi connectivity index (χ1v) is 7.95. The summed E-state index contributed by atoms with van der Waals surface area (Å²) >= 11 is 3.19. The van der Waals surface area contributed by atoms with Crippen molar-refractivity contribution in [3.8, 4) is 11.6 Å². The molecule has 8 heteroatoms. The minimum absolute atomic E-state index is 0.0798. The first kappa shape index (κ1) is 11.9. The molecule has 6 nitrogen and oxygen atoms in total. The van der Waals surface area contributed by atoms with Gasteiger partial charge in [0.25, 0.3) is 0 Å². The lowest BCUT2D eigenvalue weighted by Crippen LogP contribution is -2.03. The number of hydrogen-bond acceptors (Lipinski definition) is 6. The van der Waals surface area contributed by atoms with E-state index >= 15 is 0 Å². The zero-order valence-corrected chi connectivity index (χ0v) is 11.6. The Kier molecular flexibility index (Phi) is 2.78. The second-order valence-electron chi connectivity index (χ2n) is 4.16. The van der Waals surface area contributed by atoms with Crippen LogP contribution in [0.25, 0.3) is 11.6 Å². The maximum Gasteiger partial charge on any atom is 0.238 e. The topological polar surface area (TPSA) is 86.2 Å². The third-order valence-electron chi connectivity index (χ3n) is 2.82. The van der Waals surface area contributed by atoms with Crippen molar-refractivity contribution in [3.05, 3.63) is 22.7 Å². The molecule has 0 aromatic carbocycles. The van der Waals surface area contributed by atoms with Crippen LogP contribution in [0.1, 0.15) is 18.2 Å². The van der Waals surface area contributed by atoms with E-state index in [1.54, 1.807) is 12.1 Å². The fraction of sp³-hybridized carbons (Fsp3) is 0.400. The fourth-order valence-electron chi connectivity index (χ4n) is 1.93. The summed E-state index contributed by atoms with van der Waals surface area (Å²) < 4.78 is 33.7. The second-order valence-corrected chi connectivity index (χ2v) is 7.17. The molecular weight excluding hydrogens is 324 g/mol. The fourth-order valence-corrected chi connectivity index (χ4v) is 3.96. The number of hydrogen-bond donors (Lipinski definition) is 0. The monoisotopic (exact) mass is 332 g/mol. The third kappa shape index (κ3) is 2.22. The van der Waals surface area contributed by atoms with Gasteiger partial charge in [-0.15, -0.1) is 0 Å². The normalized spacial score (nSPS) is 22.4. The average molecular weight is 333 g/mol. The van der Waals surface area contributed by atoms with Gasteiger partial charge in [0.1, 0.15) is 0 Å². The molecule has 3 heterocycles. The van der Waals surface area contributed by atoms with Gasteiger partial charge in [-0.25, -0.2) is 8.42 Å². The van der Waals surface area contributed by atoms with Crippen LogP contribution in [0.3, 0.4) is 0 Å². The van der Waals surface area contributed by atoms with Gasteiger partial charge >= 0.3 is 0 Å². The minimum Gasteiger partial charge on any atom is -0.446 e. The number of halogens is 1. The lowest BCUT2D eigenvalue weighted by atomic mass is 10.1. The van der Waals surface area contributed by atoms with E-state index in [4.69, 9.17) is 8.94 Å². The zero-order valence-electron chi connectivity index (χ0n) is 9.17. The van der Waals surface area contributed by atoms with Crippen LogP contribution in [0.4, 0.5) is 0 Å². The Balaban J connectivity index is 1.86. The van der Waals surface area contributed by atoms with Crippen molar-refractivity contribution in [2.45, 2.75) is 12.3 Å². The van der Waals surface area contributed by atoms with Crippen molar-refractivity contribution < 1.29 is 17.4 Å². The zero-order chi connectivity index (χ0) is 12.8. The van der Waals surface area contributed by atoms with Crippen LogP contribution < -0.4 is 0 Å². The van der Waals surface area contributed by atoms with E-state index in [1.807, 2.05) is 0 Å². The molecule has 1 fully saturated rings. The predicted molar refractivity (Wildman–Crippen MR) is 65.7 cm³/mol. The number of nitrogens with zero attached hydrogens (tertiary/aromatic N) is 2. The van der Waals surface area contributed by atoms with Crippen molar-refractivity contribution in [1.29, 1.82) is 0 Å². The molecule has 0 bridgehead atoms. The van der Waals surface area contributed by atoms with Gasteiger partial charge in [0, 0.05) is 0 Å². The molecule has 18 heavy (non-hydrogen) atoms. The van der Waals surface area contributed by atoms with Crippen LogP contribution >= 0.6 is 15.9 Å². The molecule has 0 amide bonds. The van der Waals surface area contributed by atoms with Crippen LogP contribution in [0.2, 0.25) is 0 Å². The highest BCUT2D eigenvalue weighted by Gasteiger charge is 2.33. The Bertz CT molecular complexity index is 676. The largest absolute Gasteiger partial charge is 0.446 e. The Morgan fingerprint density at radius 3 is 2.83 bits per heavy atom. The summed E-state index contributed by atoms with van der Waals surface area (Å²) in [5, 5.41) is 3.80. The average Bonchev–Trinajstić information content (AvgIpc) is 2.96. The summed E-state index contributed by atoms with van der Waals surface area (Å²) in [6, 6.07) is 3.44. The quantitative estimate of drug-likeness (QED) is 0.835. The number of aromatic nitrogens is 2. The van der Waals surface area contributed by atoms with Crippen LogP contribution in [0.5, 0.6) is 0 Å². The lowest BCUT2D eigenvalue weighted by Gasteiger charge is -1.97. The Labute approximate surface area is 111 Å². The first-order valence-electron chi connectivity index (χ1n) is 5.33. The van der Waals surface area contributed by atoms with E-state index in [0.29, 0.717) is 28.6 Å². The smallest absolute Gasteiger partial charge is 0.238 e. The van der Waals surface area contributed by atoms with Gasteiger partial charge in [-0.2, -0.15) is 4.98 Å². The molecule has 1 aliphatic heterocycles. The molecule has 0 N–H and O–H groups in total. The van der Waals surface area contributed by atoms with E-state index < -0.39 is 9.84 Å². The van der Waals surface area contributed by atoms with Crippen molar-refractivity contribution in [2.75, 3.05) is 11.5 Å². The van der Waals surface area contributed by atoms with Crippen LogP contribution in [-0.4, -0.2) is 30.1 Å². The molecule has 0 spiro atoms. The summed E-state index contributed by atoms with van der Waals surface area (Å²) in [4.78, 5) is 4.18. The maximum atomic E-state index is 11.4. The summed E-state index contributed by atoms with van der Waals surface area (Å²) in [5.74, 6) is 1.24. The van der Waals surface area contributed by atoms with E-state index in [2.05, 4.69) is 26.1 Å². The molecule has 0 unspecified atom stereocenters. The number of sulfone groups is 1. The highest BCUT2D eigenvalue weighted by Crippen LogP contribution is 2.30. The van der Waals surface area contributed by atoms with E-state index in [9.17, 15) is 8.42 Å². The predicted octanol–water partition coefficient (Wildman–Crippen LogP) is 1.99. The first-order chi connectivity index (χ1) is 8.53. The molecule has 2 aromatic rings. The molecule has 1 aliphatic rings. The van der Waals surface area contributed by atoms with Crippen LogP contribution in [0, 0.1) is 0 Å². The Hall–Kier alpha value is -1.15. The molecule has 0 aliphatic carbocycles. The Morgan fingerprint density at radius 2 is 2.22 bits per heavy atom. The van der Waals surface area contributed by atoms with Gasteiger partial charge in [0.05, 0.1) is 17.4 Å². The molecule has 3 rings (SSSR count). The van der Waals surface area contributed by atoms with Gasteiger partial charge in [-0.1, -0.05) is 5.16 Å².